The van der Waals surface area contributed by atoms with Crippen molar-refractivity contribution < 1.29 is 9.94 Å². The number of rotatable bonds is 8. The number of benzene rings is 1. The zero-order valence-electron chi connectivity index (χ0n) is 11.6. The molecule has 19 heavy (non-hydrogen) atoms. The fourth-order valence-corrected chi connectivity index (χ4v) is 2.86. The molecule has 1 aliphatic carbocycles. The smallest absolute Gasteiger partial charge is 0.0933 e. The Morgan fingerprint density at radius 2 is 2.00 bits per heavy atom. The van der Waals surface area contributed by atoms with Crippen molar-refractivity contribution in [2.24, 2.45) is 5.92 Å². The molecule has 106 valence electrons. The van der Waals surface area contributed by atoms with E-state index in [2.05, 4.69) is 17.6 Å². The minimum atomic E-state index is 0.315. The van der Waals surface area contributed by atoms with Gasteiger partial charge in [-0.05, 0) is 37.2 Å². The van der Waals surface area contributed by atoms with Gasteiger partial charge in [-0.2, -0.15) is 5.48 Å². The monoisotopic (exact) mass is 263 g/mol. The van der Waals surface area contributed by atoms with Gasteiger partial charge in [0.2, 0.25) is 0 Å². The molecule has 0 spiro atoms. The summed E-state index contributed by atoms with van der Waals surface area (Å²) in [6.45, 7) is 0.940. The van der Waals surface area contributed by atoms with Crippen molar-refractivity contribution in [1.29, 1.82) is 0 Å². The highest BCUT2D eigenvalue weighted by Gasteiger charge is 2.26. The van der Waals surface area contributed by atoms with E-state index in [0.29, 0.717) is 25.2 Å². The molecule has 0 saturated heterocycles. The third-order valence-electron chi connectivity index (χ3n) is 3.96. The molecule has 1 aliphatic rings. The van der Waals surface area contributed by atoms with E-state index in [-0.39, 0.29) is 0 Å². The molecule has 1 aromatic carbocycles. The molecule has 3 nitrogen and oxygen atoms in total. The van der Waals surface area contributed by atoms with Crippen LogP contribution in [-0.2, 0) is 11.4 Å². The van der Waals surface area contributed by atoms with Crippen LogP contribution in [0.2, 0.25) is 0 Å². The number of nitrogens with one attached hydrogen (secondary N) is 1. The topological polar surface area (TPSA) is 41.5 Å². The first kappa shape index (κ1) is 14.5. The number of hydroxylamine groups is 1. The van der Waals surface area contributed by atoms with E-state index in [9.17, 15) is 0 Å². The zero-order chi connectivity index (χ0) is 13.3. The van der Waals surface area contributed by atoms with Crippen LogP contribution in [0, 0.1) is 5.92 Å². The first-order chi connectivity index (χ1) is 9.40. The lowest BCUT2D eigenvalue weighted by Gasteiger charge is -2.20. The number of aliphatic hydroxyl groups is 1. The molecule has 0 radical (unpaired) electrons. The van der Waals surface area contributed by atoms with Gasteiger partial charge in [-0.1, -0.05) is 43.2 Å². The van der Waals surface area contributed by atoms with E-state index in [1.807, 2.05) is 18.2 Å². The Morgan fingerprint density at radius 3 is 2.79 bits per heavy atom. The largest absolute Gasteiger partial charge is 0.396 e. The van der Waals surface area contributed by atoms with Gasteiger partial charge in [0, 0.05) is 12.6 Å². The Morgan fingerprint density at radius 1 is 1.16 bits per heavy atom. The molecule has 2 rings (SSSR count). The average Bonchev–Trinajstić information content (AvgIpc) is 2.88. The highest BCUT2D eigenvalue weighted by atomic mass is 16.6. The maximum atomic E-state index is 8.83. The fourth-order valence-electron chi connectivity index (χ4n) is 2.86. The number of hydrogen-bond acceptors (Lipinski definition) is 3. The van der Waals surface area contributed by atoms with Crippen molar-refractivity contribution >= 4 is 0 Å². The Hall–Kier alpha value is -0.900. The van der Waals surface area contributed by atoms with Gasteiger partial charge in [-0.3, -0.25) is 4.84 Å². The van der Waals surface area contributed by atoms with Gasteiger partial charge >= 0.3 is 0 Å². The third kappa shape index (κ3) is 4.94. The van der Waals surface area contributed by atoms with Crippen molar-refractivity contribution in [3.05, 3.63) is 35.9 Å². The maximum absolute atomic E-state index is 8.83. The van der Waals surface area contributed by atoms with Gasteiger partial charge in [0.25, 0.3) is 0 Å². The van der Waals surface area contributed by atoms with E-state index >= 15 is 0 Å². The van der Waals surface area contributed by atoms with Crippen molar-refractivity contribution in [2.75, 3.05) is 6.61 Å². The summed E-state index contributed by atoms with van der Waals surface area (Å²) in [7, 11) is 0. The quantitative estimate of drug-likeness (QED) is 0.559. The second kappa shape index (κ2) is 8.31. The molecule has 1 fully saturated rings. The highest BCUT2D eigenvalue weighted by Crippen LogP contribution is 2.29. The summed E-state index contributed by atoms with van der Waals surface area (Å²) in [5, 5.41) is 8.83. The van der Waals surface area contributed by atoms with Gasteiger partial charge in [-0.25, -0.2) is 0 Å². The van der Waals surface area contributed by atoms with E-state index in [1.54, 1.807) is 0 Å². The third-order valence-corrected chi connectivity index (χ3v) is 3.96. The Labute approximate surface area is 115 Å². The summed E-state index contributed by atoms with van der Waals surface area (Å²) in [5.74, 6) is 0.710. The number of unbranched alkanes of at least 4 members (excludes halogenated alkanes) is 1. The molecule has 0 aliphatic heterocycles. The first-order valence-electron chi connectivity index (χ1n) is 7.42. The van der Waals surface area contributed by atoms with Crippen LogP contribution in [0.3, 0.4) is 0 Å². The second-order valence-electron chi connectivity index (χ2n) is 5.41. The molecule has 0 aromatic heterocycles. The summed E-state index contributed by atoms with van der Waals surface area (Å²) >= 11 is 0. The Bertz CT molecular complexity index is 342. The van der Waals surface area contributed by atoms with Gasteiger partial charge < -0.3 is 5.11 Å². The lowest BCUT2D eigenvalue weighted by molar-refractivity contribution is -0.00609. The SMILES string of the molecule is OCCCCC1CCCC1NOCc1ccccc1. The molecule has 1 saturated carbocycles. The molecule has 2 atom stereocenters. The Balaban J connectivity index is 1.66. The molecular weight excluding hydrogens is 238 g/mol. The maximum Gasteiger partial charge on any atom is 0.0933 e. The van der Waals surface area contributed by atoms with E-state index in [0.717, 1.165) is 12.8 Å². The predicted molar refractivity (Wildman–Crippen MR) is 76.4 cm³/mol. The predicted octanol–water partition coefficient (Wildman–Crippen LogP) is 3.04. The highest BCUT2D eigenvalue weighted by molar-refractivity contribution is 5.13. The molecule has 0 amide bonds. The molecule has 2 N–H and O–H groups in total. The van der Waals surface area contributed by atoms with Gasteiger partial charge in [0.1, 0.15) is 0 Å². The van der Waals surface area contributed by atoms with Crippen LogP contribution < -0.4 is 5.48 Å². The summed E-state index contributed by atoms with van der Waals surface area (Å²) in [6, 6.07) is 10.7. The van der Waals surface area contributed by atoms with Crippen molar-refractivity contribution in [3.63, 3.8) is 0 Å². The van der Waals surface area contributed by atoms with E-state index < -0.39 is 0 Å². The van der Waals surface area contributed by atoms with Crippen molar-refractivity contribution in [1.82, 2.24) is 5.48 Å². The van der Waals surface area contributed by atoms with Crippen molar-refractivity contribution in [3.8, 4) is 0 Å². The molecule has 2 unspecified atom stereocenters. The lowest BCUT2D eigenvalue weighted by atomic mass is 9.97. The van der Waals surface area contributed by atoms with Crippen LogP contribution in [0.15, 0.2) is 30.3 Å². The van der Waals surface area contributed by atoms with Crippen LogP contribution in [0.25, 0.3) is 0 Å². The van der Waals surface area contributed by atoms with Crippen molar-refractivity contribution in [2.45, 2.75) is 51.2 Å². The summed E-state index contributed by atoms with van der Waals surface area (Å²) in [5.41, 5.74) is 4.44. The van der Waals surface area contributed by atoms with Gasteiger partial charge in [-0.15, -0.1) is 0 Å². The van der Waals surface area contributed by atoms with E-state index in [4.69, 9.17) is 9.94 Å². The lowest BCUT2D eigenvalue weighted by Crippen LogP contribution is -2.32. The number of hydrogen-bond donors (Lipinski definition) is 2. The summed E-state index contributed by atoms with van der Waals surface area (Å²) in [4.78, 5) is 5.64. The van der Waals surface area contributed by atoms with Crippen LogP contribution in [0.5, 0.6) is 0 Å². The van der Waals surface area contributed by atoms with Crippen LogP contribution in [0.1, 0.15) is 44.1 Å². The zero-order valence-corrected chi connectivity index (χ0v) is 11.6. The summed E-state index contributed by atoms with van der Waals surface area (Å²) < 4.78 is 0. The molecule has 3 heteroatoms. The second-order valence-corrected chi connectivity index (χ2v) is 5.41. The minimum absolute atomic E-state index is 0.315. The molecule has 0 heterocycles. The molecule has 0 bridgehead atoms. The van der Waals surface area contributed by atoms with Crippen LogP contribution in [-0.4, -0.2) is 17.8 Å². The standard InChI is InChI=1S/C16H25NO2/c18-12-5-4-9-15-10-6-11-16(15)17-19-13-14-7-2-1-3-8-14/h1-3,7-8,15-18H,4-6,9-13H2. The normalized spacial score (nSPS) is 22.8. The fraction of sp³-hybridized carbons (Fsp3) is 0.625. The van der Waals surface area contributed by atoms with Crippen LogP contribution in [0.4, 0.5) is 0 Å². The average molecular weight is 263 g/mol. The van der Waals surface area contributed by atoms with Gasteiger partial charge in [0.15, 0.2) is 0 Å². The molecular formula is C16H25NO2. The van der Waals surface area contributed by atoms with Gasteiger partial charge in [0.05, 0.1) is 6.61 Å². The minimum Gasteiger partial charge on any atom is -0.396 e. The first-order valence-corrected chi connectivity index (χ1v) is 7.42. The van der Waals surface area contributed by atoms with E-state index in [1.165, 1.54) is 31.2 Å². The Kier molecular flexibility index (Phi) is 6.34. The molecule has 1 aromatic rings. The number of aliphatic hydroxyl groups excluding tert-OH is 1. The summed E-state index contributed by atoms with van der Waals surface area (Å²) in [6.07, 6.45) is 7.03. The van der Waals surface area contributed by atoms with Crippen LogP contribution >= 0.6 is 0 Å².